The maximum absolute atomic E-state index is 6.16. The van der Waals surface area contributed by atoms with E-state index in [1.165, 1.54) is 31.7 Å². The minimum absolute atomic E-state index is 0.873. The van der Waals surface area contributed by atoms with Gasteiger partial charge in [0.2, 0.25) is 0 Å². The number of hydrogen-bond acceptors (Lipinski definition) is 3. The Morgan fingerprint density at radius 3 is 1.79 bits per heavy atom. The van der Waals surface area contributed by atoms with Gasteiger partial charge in [-0.15, -0.1) is 11.3 Å². The maximum Gasteiger partial charge on any atom is 0.135 e. The van der Waals surface area contributed by atoms with E-state index in [9.17, 15) is 0 Å². The maximum atomic E-state index is 6.16. The summed E-state index contributed by atoms with van der Waals surface area (Å²) in [7, 11) is 0. The third-order valence-electron chi connectivity index (χ3n) is 7.88. The van der Waals surface area contributed by atoms with Crippen molar-refractivity contribution in [3.8, 4) is 32.9 Å². The molecule has 0 aliphatic carbocycles. The van der Waals surface area contributed by atoms with Crippen molar-refractivity contribution in [1.82, 2.24) is 0 Å². The average molecular weight is 570 g/mol. The summed E-state index contributed by atoms with van der Waals surface area (Å²) in [5.74, 6) is 0.873. The van der Waals surface area contributed by atoms with E-state index in [0.29, 0.717) is 0 Å². The molecular formula is C40H27NOS. The molecule has 3 heteroatoms. The molecule has 0 saturated heterocycles. The molecule has 8 aromatic rings. The standard InChI is InChI=1S/C40H27NOS/c1-2-9-28(10-3-1)29-17-21-34(22-18-29)41(35-23-19-30(20-24-35)38-26-31-11-4-6-15-37(31)42-38)36-14-8-13-32(25-36)40-27-33-12-5-7-16-39(33)43-40/h1-27H. The lowest BCUT2D eigenvalue weighted by Crippen LogP contribution is -2.09. The first-order chi connectivity index (χ1) is 21.3. The van der Waals surface area contributed by atoms with E-state index in [0.717, 1.165) is 39.4 Å². The van der Waals surface area contributed by atoms with Crippen molar-refractivity contribution in [2.24, 2.45) is 0 Å². The number of furan rings is 1. The molecule has 0 aliphatic heterocycles. The molecule has 0 saturated carbocycles. The lowest BCUT2D eigenvalue weighted by atomic mass is 10.0. The Bertz CT molecular complexity index is 2110. The van der Waals surface area contributed by atoms with Crippen LogP contribution in [0.3, 0.4) is 0 Å². The van der Waals surface area contributed by atoms with Crippen LogP contribution in [0.2, 0.25) is 0 Å². The highest BCUT2D eigenvalue weighted by molar-refractivity contribution is 7.22. The van der Waals surface area contributed by atoms with Gasteiger partial charge in [0.1, 0.15) is 11.3 Å². The summed E-state index contributed by atoms with van der Waals surface area (Å²) in [5, 5.41) is 2.39. The predicted molar refractivity (Wildman–Crippen MR) is 183 cm³/mol. The Labute approximate surface area is 254 Å². The lowest BCUT2D eigenvalue weighted by molar-refractivity contribution is 0.631. The number of nitrogens with zero attached hydrogens (tertiary/aromatic N) is 1. The molecular weight excluding hydrogens is 543 g/mol. The summed E-state index contributed by atoms with van der Waals surface area (Å²) in [4.78, 5) is 3.59. The van der Waals surface area contributed by atoms with E-state index in [4.69, 9.17) is 4.42 Å². The average Bonchev–Trinajstić information content (AvgIpc) is 3.71. The molecule has 0 N–H and O–H groups in total. The van der Waals surface area contributed by atoms with Crippen LogP contribution in [0.25, 0.3) is 53.9 Å². The molecule has 2 nitrogen and oxygen atoms in total. The van der Waals surface area contributed by atoms with Crippen LogP contribution in [0, 0.1) is 0 Å². The fourth-order valence-corrected chi connectivity index (χ4v) is 6.76. The summed E-state index contributed by atoms with van der Waals surface area (Å²) in [6.45, 7) is 0. The predicted octanol–water partition coefficient (Wildman–Crippen LogP) is 12.1. The summed E-state index contributed by atoms with van der Waals surface area (Å²) in [5.41, 5.74) is 8.87. The monoisotopic (exact) mass is 569 g/mol. The van der Waals surface area contributed by atoms with Gasteiger partial charge in [-0.25, -0.2) is 0 Å². The smallest absolute Gasteiger partial charge is 0.135 e. The Balaban J connectivity index is 1.21. The fraction of sp³-hybridized carbons (Fsp3) is 0. The SMILES string of the molecule is c1ccc(-c2ccc(N(c3ccc(-c4cc5ccccc5o4)cc3)c3cccc(-c4cc5ccccc5s4)c3)cc2)cc1. The summed E-state index contributed by atoms with van der Waals surface area (Å²) in [6.07, 6.45) is 0. The lowest BCUT2D eigenvalue weighted by Gasteiger charge is -2.26. The molecule has 204 valence electrons. The highest BCUT2D eigenvalue weighted by atomic mass is 32.1. The molecule has 0 atom stereocenters. The van der Waals surface area contributed by atoms with Gasteiger partial charge in [0, 0.05) is 37.6 Å². The normalized spacial score (nSPS) is 11.3. The molecule has 0 amide bonds. The number of rotatable bonds is 6. The zero-order valence-corrected chi connectivity index (χ0v) is 24.2. The van der Waals surface area contributed by atoms with Gasteiger partial charge in [0.15, 0.2) is 0 Å². The van der Waals surface area contributed by atoms with Crippen LogP contribution in [-0.2, 0) is 0 Å². The quantitative estimate of drug-likeness (QED) is 0.198. The Hall–Kier alpha value is -5.38. The van der Waals surface area contributed by atoms with E-state index in [1.54, 1.807) is 0 Å². The van der Waals surface area contributed by atoms with Gasteiger partial charge < -0.3 is 9.32 Å². The molecule has 2 heterocycles. The van der Waals surface area contributed by atoms with Crippen molar-refractivity contribution >= 4 is 49.5 Å². The van der Waals surface area contributed by atoms with Gasteiger partial charge in [0.25, 0.3) is 0 Å². The highest BCUT2D eigenvalue weighted by Gasteiger charge is 2.16. The number of anilines is 3. The molecule has 0 fully saturated rings. The van der Waals surface area contributed by atoms with E-state index in [-0.39, 0.29) is 0 Å². The van der Waals surface area contributed by atoms with E-state index < -0.39 is 0 Å². The number of thiophene rings is 1. The van der Waals surface area contributed by atoms with Crippen LogP contribution >= 0.6 is 11.3 Å². The molecule has 6 aromatic carbocycles. The first-order valence-electron chi connectivity index (χ1n) is 14.4. The van der Waals surface area contributed by atoms with Gasteiger partial charge in [-0.05, 0) is 94.9 Å². The minimum Gasteiger partial charge on any atom is -0.456 e. The van der Waals surface area contributed by atoms with Crippen LogP contribution in [0.1, 0.15) is 0 Å². The molecule has 43 heavy (non-hydrogen) atoms. The van der Waals surface area contributed by atoms with Crippen LogP contribution in [0.15, 0.2) is 168 Å². The van der Waals surface area contributed by atoms with Crippen molar-refractivity contribution in [1.29, 1.82) is 0 Å². The van der Waals surface area contributed by atoms with Crippen molar-refractivity contribution < 1.29 is 4.42 Å². The first-order valence-corrected chi connectivity index (χ1v) is 15.2. The molecule has 2 aromatic heterocycles. The van der Waals surface area contributed by atoms with Crippen molar-refractivity contribution in [3.63, 3.8) is 0 Å². The Morgan fingerprint density at radius 1 is 0.419 bits per heavy atom. The Kier molecular flexibility index (Phi) is 6.36. The summed E-state index contributed by atoms with van der Waals surface area (Å²) < 4.78 is 7.46. The van der Waals surface area contributed by atoms with Crippen LogP contribution in [0.5, 0.6) is 0 Å². The molecule has 0 aliphatic rings. The number of hydrogen-bond donors (Lipinski definition) is 0. The van der Waals surface area contributed by atoms with Crippen LogP contribution in [0.4, 0.5) is 17.1 Å². The van der Waals surface area contributed by atoms with Crippen molar-refractivity contribution in [2.75, 3.05) is 4.90 Å². The first kappa shape index (κ1) is 25.3. The molecule has 0 spiro atoms. The molecule has 0 bridgehead atoms. The van der Waals surface area contributed by atoms with Gasteiger partial charge in [-0.3, -0.25) is 0 Å². The second-order valence-corrected chi connectivity index (χ2v) is 11.7. The summed E-state index contributed by atoms with van der Waals surface area (Å²) >= 11 is 1.83. The zero-order chi connectivity index (χ0) is 28.6. The van der Waals surface area contributed by atoms with Gasteiger partial charge in [-0.2, -0.15) is 0 Å². The highest BCUT2D eigenvalue weighted by Crippen LogP contribution is 2.40. The third-order valence-corrected chi connectivity index (χ3v) is 9.05. The second-order valence-electron chi connectivity index (χ2n) is 10.6. The summed E-state index contributed by atoms with van der Waals surface area (Å²) in [6, 6.07) is 58.0. The number of benzene rings is 6. The Morgan fingerprint density at radius 2 is 1.05 bits per heavy atom. The van der Waals surface area contributed by atoms with Gasteiger partial charge >= 0.3 is 0 Å². The van der Waals surface area contributed by atoms with Crippen LogP contribution < -0.4 is 4.90 Å². The fourth-order valence-electron chi connectivity index (χ4n) is 5.70. The van der Waals surface area contributed by atoms with Gasteiger partial charge in [-0.1, -0.05) is 91.0 Å². The largest absolute Gasteiger partial charge is 0.456 e. The number of fused-ring (bicyclic) bond motifs is 2. The van der Waals surface area contributed by atoms with Gasteiger partial charge in [0.05, 0.1) is 0 Å². The zero-order valence-electron chi connectivity index (χ0n) is 23.4. The number of para-hydroxylation sites is 1. The van der Waals surface area contributed by atoms with E-state index in [1.807, 2.05) is 29.5 Å². The molecule has 8 rings (SSSR count). The topological polar surface area (TPSA) is 16.4 Å². The van der Waals surface area contributed by atoms with Crippen LogP contribution in [-0.4, -0.2) is 0 Å². The van der Waals surface area contributed by atoms with Crippen molar-refractivity contribution in [2.45, 2.75) is 0 Å². The molecule has 0 unspecified atom stereocenters. The second kappa shape index (κ2) is 10.8. The molecule has 0 radical (unpaired) electrons. The van der Waals surface area contributed by atoms with E-state index >= 15 is 0 Å². The van der Waals surface area contributed by atoms with Crippen molar-refractivity contribution in [3.05, 3.63) is 164 Å². The van der Waals surface area contributed by atoms with E-state index in [2.05, 4.69) is 150 Å². The third kappa shape index (κ3) is 4.90. The minimum atomic E-state index is 0.873.